The lowest BCUT2D eigenvalue weighted by Crippen LogP contribution is -2.35. The second kappa shape index (κ2) is 9.01. The van der Waals surface area contributed by atoms with E-state index in [-0.39, 0.29) is 11.6 Å². The average Bonchev–Trinajstić information content (AvgIpc) is 3.46. The molecule has 4 aromatic rings. The number of thiophene rings is 1. The SMILES string of the molecule is COc1ccccc1CCNC1CCc2c(sc3ncn(C4Cc5ccccc5C4)c(=O)c23)C1. The Kier molecular flexibility index (Phi) is 5.71. The first-order chi connectivity index (χ1) is 16.7. The quantitative estimate of drug-likeness (QED) is 0.450. The molecule has 0 amide bonds. The van der Waals surface area contributed by atoms with Gasteiger partial charge < -0.3 is 10.1 Å². The smallest absolute Gasteiger partial charge is 0.262 e. The molecule has 2 aromatic carbocycles. The predicted octanol–water partition coefficient (Wildman–Crippen LogP) is 4.50. The molecular formula is C28H29N3O2S. The Labute approximate surface area is 203 Å². The van der Waals surface area contributed by atoms with Crippen LogP contribution in [0, 0.1) is 0 Å². The Morgan fingerprint density at radius 2 is 1.85 bits per heavy atom. The van der Waals surface area contributed by atoms with E-state index in [2.05, 4.69) is 41.7 Å². The van der Waals surface area contributed by atoms with Crippen LogP contribution in [0.1, 0.15) is 39.6 Å². The maximum atomic E-state index is 13.6. The van der Waals surface area contributed by atoms with Gasteiger partial charge in [-0.1, -0.05) is 42.5 Å². The summed E-state index contributed by atoms with van der Waals surface area (Å²) in [4.78, 5) is 20.5. The van der Waals surface area contributed by atoms with Crippen LogP contribution in [0.15, 0.2) is 59.7 Å². The molecule has 0 spiro atoms. The summed E-state index contributed by atoms with van der Waals surface area (Å²) in [6, 6.07) is 17.4. The number of hydrogen-bond acceptors (Lipinski definition) is 5. The number of nitrogens with zero attached hydrogens (tertiary/aromatic N) is 2. The van der Waals surface area contributed by atoms with Gasteiger partial charge in [0, 0.05) is 17.0 Å². The molecule has 0 fully saturated rings. The van der Waals surface area contributed by atoms with Crippen LogP contribution in [0.2, 0.25) is 0 Å². The van der Waals surface area contributed by atoms with E-state index >= 15 is 0 Å². The third kappa shape index (κ3) is 3.85. The van der Waals surface area contributed by atoms with Crippen LogP contribution in [0.25, 0.3) is 10.2 Å². The average molecular weight is 472 g/mol. The number of fused-ring (bicyclic) bond motifs is 4. The van der Waals surface area contributed by atoms with E-state index in [9.17, 15) is 4.79 Å². The van der Waals surface area contributed by atoms with Crippen LogP contribution >= 0.6 is 11.3 Å². The third-order valence-electron chi connectivity index (χ3n) is 7.44. The van der Waals surface area contributed by atoms with Gasteiger partial charge in [0.25, 0.3) is 5.56 Å². The van der Waals surface area contributed by atoms with Gasteiger partial charge in [-0.25, -0.2) is 4.98 Å². The Morgan fingerprint density at radius 1 is 1.09 bits per heavy atom. The van der Waals surface area contributed by atoms with Crippen molar-refractivity contribution in [2.24, 2.45) is 0 Å². The second-order valence-corrected chi connectivity index (χ2v) is 10.5. The van der Waals surface area contributed by atoms with Crippen LogP contribution < -0.4 is 15.6 Å². The predicted molar refractivity (Wildman–Crippen MR) is 137 cm³/mol. The standard InChI is InChI=1S/C28H29N3O2S/c1-33-24-9-5-4-6-18(24)12-13-29-21-10-11-23-25(16-21)34-27-26(23)28(32)31(17-30-27)22-14-19-7-2-3-8-20(19)15-22/h2-9,17,21-22,29H,10-16H2,1H3. The number of ether oxygens (including phenoxy) is 1. The minimum Gasteiger partial charge on any atom is -0.496 e. The number of methoxy groups -OCH3 is 1. The molecule has 0 saturated carbocycles. The van der Waals surface area contributed by atoms with Crippen molar-refractivity contribution in [1.29, 1.82) is 0 Å². The number of benzene rings is 2. The highest BCUT2D eigenvalue weighted by atomic mass is 32.1. The van der Waals surface area contributed by atoms with Crippen LogP contribution in [0.4, 0.5) is 0 Å². The Hall–Kier alpha value is -2.96. The largest absolute Gasteiger partial charge is 0.496 e. The van der Waals surface area contributed by atoms with E-state index in [1.807, 2.05) is 16.7 Å². The Bertz CT molecular complexity index is 1380. The van der Waals surface area contributed by atoms with Gasteiger partial charge in [0.05, 0.1) is 18.8 Å². The molecule has 1 unspecified atom stereocenters. The van der Waals surface area contributed by atoms with Crippen molar-refractivity contribution < 1.29 is 4.74 Å². The summed E-state index contributed by atoms with van der Waals surface area (Å²) >= 11 is 1.71. The van der Waals surface area contributed by atoms with Gasteiger partial charge in [0.1, 0.15) is 10.6 Å². The minimum atomic E-state index is 0.142. The molecule has 2 heterocycles. The second-order valence-electron chi connectivity index (χ2n) is 9.43. The first-order valence-corrected chi connectivity index (χ1v) is 13.0. The fourth-order valence-electron chi connectivity index (χ4n) is 5.67. The molecule has 1 N–H and O–H groups in total. The topological polar surface area (TPSA) is 56.1 Å². The van der Waals surface area contributed by atoms with Crippen molar-refractivity contribution in [1.82, 2.24) is 14.9 Å². The highest BCUT2D eigenvalue weighted by Crippen LogP contribution is 2.35. The fraction of sp³-hybridized carbons (Fsp3) is 0.357. The summed E-state index contributed by atoms with van der Waals surface area (Å²) in [7, 11) is 1.73. The number of para-hydroxylation sites is 1. The monoisotopic (exact) mass is 471 g/mol. The Balaban J connectivity index is 1.18. The molecule has 0 aliphatic heterocycles. The maximum Gasteiger partial charge on any atom is 0.262 e. The van der Waals surface area contributed by atoms with Crippen LogP contribution in [0.3, 0.4) is 0 Å². The molecule has 2 aliphatic carbocycles. The fourth-order valence-corrected chi connectivity index (χ4v) is 6.92. The summed E-state index contributed by atoms with van der Waals surface area (Å²) in [6.07, 6.45) is 7.50. The summed E-state index contributed by atoms with van der Waals surface area (Å²) in [5.74, 6) is 0.951. The molecule has 6 heteroatoms. The van der Waals surface area contributed by atoms with Gasteiger partial charge in [-0.15, -0.1) is 11.3 Å². The molecule has 6 rings (SSSR count). The van der Waals surface area contributed by atoms with Gasteiger partial charge in [-0.05, 0) is 73.4 Å². The van der Waals surface area contributed by atoms with Crippen molar-refractivity contribution in [3.05, 3.63) is 92.3 Å². The normalized spacial score (nSPS) is 17.6. The van der Waals surface area contributed by atoms with E-state index in [0.29, 0.717) is 6.04 Å². The molecule has 1 atom stereocenters. The number of nitrogens with one attached hydrogen (secondary N) is 1. The lowest BCUT2D eigenvalue weighted by molar-refractivity contribution is 0.407. The molecule has 34 heavy (non-hydrogen) atoms. The van der Waals surface area contributed by atoms with E-state index in [4.69, 9.17) is 9.72 Å². The van der Waals surface area contributed by atoms with Crippen LogP contribution in [0.5, 0.6) is 5.75 Å². The lowest BCUT2D eigenvalue weighted by atomic mass is 9.93. The molecule has 0 radical (unpaired) electrons. The summed E-state index contributed by atoms with van der Waals surface area (Å²) < 4.78 is 7.38. The molecule has 0 saturated heterocycles. The molecule has 2 aromatic heterocycles. The summed E-state index contributed by atoms with van der Waals surface area (Å²) in [6.45, 7) is 0.915. The zero-order valence-corrected chi connectivity index (χ0v) is 20.2. The third-order valence-corrected chi connectivity index (χ3v) is 8.60. The highest BCUT2D eigenvalue weighted by molar-refractivity contribution is 7.18. The molecule has 174 valence electrons. The van der Waals surface area contributed by atoms with Gasteiger partial charge in [-0.3, -0.25) is 9.36 Å². The summed E-state index contributed by atoms with van der Waals surface area (Å²) in [5, 5.41) is 4.60. The first-order valence-electron chi connectivity index (χ1n) is 12.1. The molecule has 2 aliphatic rings. The van der Waals surface area contributed by atoms with Crippen molar-refractivity contribution in [2.75, 3.05) is 13.7 Å². The van der Waals surface area contributed by atoms with Crippen molar-refractivity contribution >= 4 is 21.6 Å². The lowest BCUT2D eigenvalue weighted by Gasteiger charge is -2.23. The highest BCUT2D eigenvalue weighted by Gasteiger charge is 2.28. The molecular weight excluding hydrogens is 442 g/mol. The minimum absolute atomic E-state index is 0.142. The van der Waals surface area contributed by atoms with Gasteiger partial charge in [0.2, 0.25) is 0 Å². The van der Waals surface area contributed by atoms with E-state index < -0.39 is 0 Å². The molecule has 5 nitrogen and oxygen atoms in total. The van der Waals surface area contributed by atoms with Gasteiger partial charge >= 0.3 is 0 Å². The Morgan fingerprint density at radius 3 is 2.65 bits per heavy atom. The van der Waals surface area contributed by atoms with E-state index in [1.165, 1.54) is 27.1 Å². The van der Waals surface area contributed by atoms with Gasteiger partial charge in [0.15, 0.2) is 0 Å². The van der Waals surface area contributed by atoms with Crippen LogP contribution in [-0.4, -0.2) is 29.2 Å². The van der Waals surface area contributed by atoms with E-state index in [1.54, 1.807) is 24.8 Å². The van der Waals surface area contributed by atoms with Crippen LogP contribution in [-0.2, 0) is 32.1 Å². The summed E-state index contributed by atoms with van der Waals surface area (Å²) in [5.41, 5.74) is 5.32. The molecule has 0 bridgehead atoms. The number of aryl methyl sites for hydroxylation is 1. The first kappa shape index (κ1) is 21.6. The zero-order valence-electron chi connectivity index (χ0n) is 19.4. The van der Waals surface area contributed by atoms with Crippen molar-refractivity contribution in [3.63, 3.8) is 0 Å². The number of aromatic nitrogens is 2. The van der Waals surface area contributed by atoms with E-state index in [0.717, 1.165) is 61.0 Å². The maximum absolute atomic E-state index is 13.6. The number of rotatable bonds is 6. The zero-order chi connectivity index (χ0) is 23.1. The number of hydrogen-bond donors (Lipinski definition) is 1. The van der Waals surface area contributed by atoms with Gasteiger partial charge in [-0.2, -0.15) is 0 Å². The van der Waals surface area contributed by atoms with Crippen molar-refractivity contribution in [2.45, 2.75) is 50.6 Å². The van der Waals surface area contributed by atoms with Crippen molar-refractivity contribution in [3.8, 4) is 5.75 Å².